The smallest absolute Gasteiger partial charge is 0.319 e. The number of carbonyl (C=O) groups excluding carboxylic acids is 1. The zero-order chi connectivity index (χ0) is 17.5. The number of anilines is 1. The molecule has 1 saturated heterocycles. The number of benzene rings is 1. The molecule has 0 saturated carbocycles. The highest BCUT2D eigenvalue weighted by molar-refractivity contribution is 5.91. The van der Waals surface area contributed by atoms with Crippen LogP contribution in [0.3, 0.4) is 0 Å². The topological polar surface area (TPSA) is 62.8 Å². The maximum atomic E-state index is 12.2. The van der Waals surface area contributed by atoms with Gasteiger partial charge in [0, 0.05) is 25.2 Å². The van der Waals surface area contributed by atoms with Crippen molar-refractivity contribution in [1.29, 1.82) is 0 Å². The van der Waals surface area contributed by atoms with Crippen molar-refractivity contribution in [2.45, 2.75) is 32.7 Å². The average Bonchev–Trinajstić information content (AvgIpc) is 2.60. The lowest BCUT2D eigenvalue weighted by Crippen LogP contribution is -2.44. The Morgan fingerprint density at radius 3 is 2.79 bits per heavy atom. The normalized spacial score (nSPS) is 18.3. The molecule has 2 amide bonds. The maximum absolute atomic E-state index is 12.2. The fraction of sp³-hybridized carbons (Fsp3) is 0.611. The molecule has 0 unspecified atom stereocenters. The van der Waals surface area contributed by atoms with E-state index in [0.29, 0.717) is 35.7 Å². The number of likely N-dealkylation sites (tertiary alicyclic amines) is 1. The summed E-state index contributed by atoms with van der Waals surface area (Å²) >= 11 is 0. The predicted octanol–water partition coefficient (Wildman–Crippen LogP) is 2.95. The SMILES string of the molecule is COc1ccc(NC(=O)NC[C@H]2CCCN(C(C)C)C2)c(OC)c1. The van der Waals surface area contributed by atoms with Crippen LogP contribution in [-0.4, -0.2) is 50.8 Å². The number of rotatable bonds is 6. The van der Waals surface area contributed by atoms with Gasteiger partial charge in [0.1, 0.15) is 11.5 Å². The summed E-state index contributed by atoms with van der Waals surface area (Å²) in [5, 5.41) is 5.82. The summed E-state index contributed by atoms with van der Waals surface area (Å²) in [5.41, 5.74) is 0.628. The third-order valence-corrected chi connectivity index (χ3v) is 4.49. The molecule has 24 heavy (non-hydrogen) atoms. The first kappa shape index (κ1) is 18.4. The van der Waals surface area contributed by atoms with E-state index in [1.54, 1.807) is 32.4 Å². The zero-order valence-corrected chi connectivity index (χ0v) is 15.1. The predicted molar refractivity (Wildman–Crippen MR) is 96.0 cm³/mol. The molecule has 6 heteroatoms. The van der Waals surface area contributed by atoms with Gasteiger partial charge in [-0.05, 0) is 51.3 Å². The minimum absolute atomic E-state index is 0.208. The molecule has 1 aliphatic rings. The third-order valence-electron chi connectivity index (χ3n) is 4.49. The van der Waals surface area contributed by atoms with Gasteiger partial charge in [-0.1, -0.05) is 0 Å². The minimum atomic E-state index is -0.208. The van der Waals surface area contributed by atoms with E-state index in [0.717, 1.165) is 19.5 Å². The van der Waals surface area contributed by atoms with E-state index in [1.165, 1.54) is 6.42 Å². The van der Waals surface area contributed by atoms with Gasteiger partial charge in [-0.25, -0.2) is 4.79 Å². The number of hydrogen-bond acceptors (Lipinski definition) is 4. The Kier molecular flexibility index (Phi) is 6.73. The van der Waals surface area contributed by atoms with Crippen LogP contribution in [0.5, 0.6) is 11.5 Å². The van der Waals surface area contributed by atoms with Crippen molar-refractivity contribution in [3.05, 3.63) is 18.2 Å². The van der Waals surface area contributed by atoms with Crippen molar-refractivity contribution in [2.24, 2.45) is 5.92 Å². The molecule has 0 radical (unpaired) electrons. The summed E-state index contributed by atoms with van der Waals surface area (Å²) in [6.45, 7) is 7.33. The van der Waals surface area contributed by atoms with Crippen LogP contribution in [0.15, 0.2) is 18.2 Å². The van der Waals surface area contributed by atoms with Crippen LogP contribution < -0.4 is 20.1 Å². The van der Waals surface area contributed by atoms with Gasteiger partial charge in [0.15, 0.2) is 0 Å². The molecule has 1 atom stereocenters. The van der Waals surface area contributed by atoms with E-state index in [1.807, 2.05) is 0 Å². The van der Waals surface area contributed by atoms with Crippen molar-refractivity contribution in [3.8, 4) is 11.5 Å². The lowest BCUT2D eigenvalue weighted by molar-refractivity contribution is 0.139. The number of piperidine rings is 1. The van der Waals surface area contributed by atoms with Crippen molar-refractivity contribution in [3.63, 3.8) is 0 Å². The van der Waals surface area contributed by atoms with Crippen LogP contribution in [0.2, 0.25) is 0 Å². The first-order valence-corrected chi connectivity index (χ1v) is 8.54. The van der Waals surface area contributed by atoms with E-state index in [4.69, 9.17) is 9.47 Å². The summed E-state index contributed by atoms with van der Waals surface area (Å²) in [7, 11) is 3.17. The molecular weight excluding hydrogens is 306 g/mol. The fourth-order valence-corrected chi connectivity index (χ4v) is 3.04. The molecule has 2 rings (SSSR count). The van der Waals surface area contributed by atoms with Gasteiger partial charge in [0.25, 0.3) is 0 Å². The first-order chi connectivity index (χ1) is 11.5. The van der Waals surface area contributed by atoms with Crippen molar-refractivity contribution >= 4 is 11.7 Å². The van der Waals surface area contributed by atoms with E-state index < -0.39 is 0 Å². The Hall–Kier alpha value is -1.95. The lowest BCUT2D eigenvalue weighted by atomic mass is 9.97. The Bertz CT molecular complexity index is 548. The van der Waals surface area contributed by atoms with Gasteiger partial charge in [0.2, 0.25) is 0 Å². The van der Waals surface area contributed by atoms with Gasteiger partial charge >= 0.3 is 6.03 Å². The highest BCUT2D eigenvalue weighted by Crippen LogP contribution is 2.28. The second-order valence-corrected chi connectivity index (χ2v) is 6.50. The number of nitrogens with zero attached hydrogens (tertiary/aromatic N) is 1. The number of ether oxygens (including phenoxy) is 2. The minimum Gasteiger partial charge on any atom is -0.497 e. The zero-order valence-electron chi connectivity index (χ0n) is 15.1. The highest BCUT2D eigenvalue weighted by Gasteiger charge is 2.22. The molecule has 134 valence electrons. The summed E-state index contributed by atoms with van der Waals surface area (Å²) in [6, 6.07) is 5.67. The molecule has 6 nitrogen and oxygen atoms in total. The van der Waals surface area contributed by atoms with Crippen LogP contribution in [0.1, 0.15) is 26.7 Å². The summed E-state index contributed by atoms with van der Waals surface area (Å²) in [4.78, 5) is 14.6. The van der Waals surface area contributed by atoms with E-state index >= 15 is 0 Å². The molecule has 1 aromatic carbocycles. The second-order valence-electron chi connectivity index (χ2n) is 6.50. The summed E-state index contributed by atoms with van der Waals surface area (Å²) < 4.78 is 10.5. The van der Waals surface area contributed by atoms with Crippen LogP contribution in [-0.2, 0) is 0 Å². The van der Waals surface area contributed by atoms with Crippen LogP contribution in [0, 0.1) is 5.92 Å². The van der Waals surface area contributed by atoms with Crippen molar-refractivity contribution in [2.75, 3.05) is 39.2 Å². The fourth-order valence-electron chi connectivity index (χ4n) is 3.04. The first-order valence-electron chi connectivity index (χ1n) is 8.54. The van der Waals surface area contributed by atoms with Gasteiger partial charge in [-0.15, -0.1) is 0 Å². The van der Waals surface area contributed by atoms with Gasteiger partial charge in [0.05, 0.1) is 19.9 Å². The summed E-state index contributed by atoms with van der Waals surface area (Å²) in [6.07, 6.45) is 2.35. The molecule has 1 heterocycles. The molecule has 0 bridgehead atoms. The molecule has 0 aromatic heterocycles. The largest absolute Gasteiger partial charge is 0.497 e. The van der Waals surface area contributed by atoms with E-state index in [9.17, 15) is 4.79 Å². The maximum Gasteiger partial charge on any atom is 0.319 e. The molecule has 1 aromatic rings. The number of hydrogen-bond donors (Lipinski definition) is 2. The average molecular weight is 335 g/mol. The molecule has 1 fully saturated rings. The molecule has 0 aliphatic carbocycles. The molecule has 2 N–H and O–H groups in total. The van der Waals surface area contributed by atoms with E-state index in [-0.39, 0.29) is 6.03 Å². The Labute approximate surface area is 144 Å². The highest BCUT2D eigenvalue weighted by atomic mass is 16.5. The summed E-state index contributed by atoms with van der Waals surface area (Å²) in [5.74, 6) is 1.77. The van der Waals surface area contributed by atoms with E-state index in [2.05, 4.69) is 29.4 Å². The van der Waals surface area contributed by atoms with Gasteiger partial charge in [-0.3, -0.25) is 0 Å². The standard InChI is InChI=1S/C18H29N3O3/c1-13(2)21-9-5-6-14(12-21)11-19-18(22)20-16-8-7-15(23-3)10-17(16)24-4/h7-8,10,13-14H,5-6,9,11-12H2,1-4H3,(H2,19,20,22)/t14-/m1/s1. The molecule has 0 spiro atoms. The number of amides is 2. The number of carbonyl (C=O) groups is 1. The monoisotopic (exact) mass is 335 g/mol. The van der Waals surface area contributed by atoms with Crippen LogP contribution in [0.4, 0.5) is 10.5 Å². The Morgan fingerprint density at radius 1 is 1.33 bits per heavy atom. The van der Waals surface area contributed by atoms with Gasteiger partial charge < -0.3 is 25.0 Å². The quantitative estimate of drug-likeness (QED) is 0.839. The Balaban J connectivity index is 1.85. The van der Waals surface area contributed by atoms with Gasteiger partial charge in [-0.2, -0.15) is 0 Å². The van der Waals surface area contributed by atoms with Crippen molar-refractivity contribution < 1.29 is 14.3 Å². The second kappa shape index (κ2) is 8.78. The molecule has 1 aliphatic heterocycles. The number of methoxy groups -OCH3 is 2. The number of urea groups is 1. The van der Waals surface area contributed by atoms with Crippen LogP contribution >= 0.6 is 0 Å². The third kappa shape index (κ3) is 5.03. The van der Waals surface area contributed by atoms with Crippen molar-refractivity contribution in [1.82, 2.24) is 10.2 Å². The lowest BCUT2D eigenvalue weighted by Gasteiger charge is -2.35. The number of nitrogens with one attached hydrogen (secondary N) is 2. The molecular formula is C18H29N3O3. The van der Waals surface area contributed by atoms with Crippen LogP contribution in [0.25, 0.3) is 0 Å². The Morgan fingerprint density at radius 2 is 2.12 bits per heavy atom.